The highest BCUT2D eigenvalue weighted by Crippen LogP contribution is 2.38. The van der Waals surface area contributed by atoms with Crippen molar-refractivity contribution in [3.8, 4) is 11.5 Å². The molecule has 0 aliphatic rings. The molecular formula is C43H56N2O2. The van der Waals surface area contributed by atoms with Crippen LogP contribution in [-0.4, -0.2) is 35.2 Å². The second-order valence-electron chi connectivity index (χ2n) is 17.2. The van der Waals surface area contributed by atoms with Crippen LogP contribution in [-0.2, 0) is 28.1 Å². The van der Waals surface area contributed by atoms with Crippen LogP contribution in [0.4, 0.5) is 0 Å². The fourth-order valence-corrected chi connectivity index (χ4v) is 5.87. The fourth-order valence-electron chi connectivity index (χ4n) is 5.87. The molecule has 0 aliphatic carbocycles. The summed E-state index contributed by atoms with van der Waals surface area (Å²) in [6.07, 6.45) is 4.32. The van der Waals surface area contributed by atoms with Crippen LogP contribution in [0.3, 0.4) is 0 Å². The van der Waals surface area contributed by atoms with Gasteiger partial charge in [0, 0.05) is 34.7 Å². The van der Waals surface area contributed by atoms with E-state index in [0.717, 1.165) is 33.4 Å². The molecule has 0 unspecified atom stereocenters. The van der Waals surface area contributed by atoms with E-state index in [0.29, 0.717) is 13.0 Å². The number of phenolic OH excluding ortho intramolecular Hbond substituents is 2. The van der Waals surface area contributed by atoms with Gasteiger partial charge in [0.25, 0.3) is 0 Å². The fraction of sp³-hybridized carbons (Fsp3) is 0.442. The molecule has 0 fully saturated rings. The standard InChI is InChI=1S/C43H56N2O2/c1-40(2,3)32-20-30(38(46)36(23-32)42(7,8)9)25-44-27-34(22-29-18-15-17-28-16-13-14-19-35(28)29)45-26-31-21-33(41(4,5)6)24-37(39(31)47)43(10,11)12/h13-21,23-26,34,46-47H,22,27H2,1-12H3/t34-/m0/s1. The highest BCUT2D eigenvalue weighted by Gasteiger charge is 2.26. The maximum Gasteiger partial charge on any atom is 0.128 e. The summed E-state index contributed by atoms with van der Waals surface area (Å²) >= 11 is 0. The van der Waals surface area contributed by atoms with Gasteiger partial charge in [-0.1, -0.05) is 138 Å². The Balaban J connectivity index is 1.79. The minimum atomic E-state index is -0.226. The first kappa shape index (κ1) is 35.9. The zero-order valence-electron chi connectivity index (χ0n) is 30.8. The lowest BCUT2D eigenvalue weighted by Gasteiger charge is -2.27. The molecule has 0 amide bonds. The van der Waals surface area contributed by atoms with Gasteiger partial charge < -0.3 is 10.2 Å². The Morgan fingerprint density at radius 3 is 1.60 bits per heavy atom. The smallest absolute Gasteiger partial charge is 0.128 e. The van der Waals surface area contributed by atoms with Crippen LogP contribution in [0.15, 0.2) is 76.7 Å². The second kappa shape index (κ2) is 13.3. The first-order chi connectivity index (χ1) is 21.7. The molecule has 4 aromatic carbocycles. The van der Waals surface area contributed by atoms with E-state index in [1.165, 1.54) is 16.3 Å². The van der Waals surface area contributed by atoms with E-state index >= 15 is 0 Å². The van der Waals surface area contributed by atoms with Crippen LogP contribution in [0.25, 0.3) is 10.8 Å². The van der Waals surface area contributed by atoms with Crippen LogP contribution >= 0.6 is 0 Å². The molecule has 0 saturated heterocycles. The summed E-state index contributed by atoms with van der Waals surface area (Å²) in [5.74, 6) is 0.558. The molecule has 4 nitrogen and oxygen atoms in total. The summed E-state index contributed by atoms with van der Waals surface area (Å²) in [6.45, 7) is 26.3. The zero-order chi connectivity index (χ0) is 34.9. The summed E-state index contributed by atoms with van der Waals surface area (Å²) in [7, 11) is 0. The van der Waals surface area contributed by atoms with Gasteiger partial charge >= 0.3 is 0 Å². The van der Waals surface area contributed by atoms with Crippen molar-refractivity contribution in [1.82, 2.24) is 0 Å². The highest BCUT2D eigenvalue weighted by atomic mass is 16.3. The Hall–Kier alpha value is -3.92. The van der Waals surface area contributed by atoms with Gasteiger partial charge in [-0.25, -0.2) is 0 Å². The van der Waals surface area contributed by atoms with E-state index in [1.807, 2.05) is 6.21 Å². The molecule has 0 bridgehead atoms. The maximum absolute atomic E-state index is 11.4. The number of fused-ring (bicyclic) bond motifs is 1. The van der Waals surface area contributed by atoms with E-state index in [1.54, 1.807) is 6.21 Å². The molecule has 2 N–H and O–H groups in total. The van der Waals surface area contributed by atoms with Crippen LogP contribution < -0.4 is 0 Å². The predicted octanol–water partition coefficient (Wildman–Crippen LogP) is 10.6. The number of aromatic hydroxyl groups is 2. The average Bonchev–Trinajstić information content (AvgIpc) is 2.95. The minimum Gasteiger partial charge on any atom is -0.507 e. The SMILES string of the molecule is CC(C)(C)c1cc(C=NC[C@H](Cc2cccc3ccccc23)N=Cc2cc(C(C)(C)C)cc(C(C)(C)C)c2O)c(O)c(C(C)(C)C)c1. The van der Waals surface area contributed by atoms with Crippen LogP contribution in [0.1, 0.15) is 122 Å². The molecule has 0 aliphatic heterocycles. The molecule has 0 heterocycles. The number of phenols is 2. The van der Waals surface area contributed by atoms with E-state index < -0.39 is 0 Å². The average molecular weight is 633 g/mol. The molecule has 4 heteroatoms. The van der Waals surface area contributed by atoms with Crippen molar-refractivity contribution >= 4 is 23.2 Å². The second-order valence-corrected chi connectivity index (χ2v) is 17.2. The first-order valence-electron chi connectivity index (χ1n) is 16.9. The van der Waals surface area contributed by atoms with Crippen molar-refractivity contribution in [2.45, 2.75) is 117 Å². The number of hydrogen-bond acceptors (Lipinski definition) is 4. The lowest BCUT2D eigenvalue weighted by atomic mass is 9.79. The van der Waals surface area contributed by atoms with Gasteiger partial charge in [-0.3, -0.25) is 9.98 Å². The monoisotopic (exact) mass is 632 g/mol. The van der Waals surface area contributed by atoms with E-state index in [9.17, 15) is 10.2 Å². The molecule has 1 atom stereocenters. The molecule has 0 radical (unpaired) electrons. The van der Waals surface area contributed by atoms with Gasteiger partial charge in [0.15, 0.2) is 0 Å². The third-order valence-corrected chi connectivity index (χ3v) is 8.93. The van der Waals surface area contributed by atoms with Crippen molar-refractivity contribution in [3.63, 3.8) is 0 Å². The van der Waals surface area contributed by atoms with Gasteiger partial charge in [-0.2, -0.15) is 0 Å². The normalized spacial score (nSPS) is 14.0. The molecule has 0 saturated carbocycles. The molecule has 47 heavy (non-hydrogen) atoms. The Bertz CT molecular complexity index is 1780. The van der Waals surface area contributed by atoms with E-state index in [4.69, 9.17) is 9.98 Å². The number of rotatable bonds is 7. The topological polar surface area (TPSA) is 65.2 Å². The number of hydrogen-bond donors (Lipinski definition) is 2. The predicted molar refractivity (Wildman–Crippen MR) is 203 cm³/mol. The summed E-state index contributed by atoms with van der Waals surface area (Å²) in [5, 5.41) is 25.2. The Morgan fingerprint density at radius 1 is 0.596 bits per heavy atom. The summed E-state index contributed by atoms with van der Waals surface area (Å²) < 4.78 is 0. The number of nitrogens with zero attached hydrogens (tertiary/aromatic N) is 2. The van der Waals surface area contributed by atoms with Gasteiger partial charge in [0.05, 0.1) is 12.6 Å². The third-order valence-electron chi connectivity index (χ3n) is 8.93. The van der Waals surface area contributed by atoms with Crippen molar-refractivity contribution in [1.29, 1.82) is 0 Å². The lowest BCUT2D eigenvalue weighted by Crippen LogP contribution is -2.18. The van der Waals surface area contributed by atoms with E-state index in [2.05, 4.69) is 150 Å². The lowest BCUT2D eigenvalue weighted by molar-refractivity contribution is 0.443. The number of aliphatic imine (C=N–C) groups is 2. The highest BCUT2D eigenvalue weighted by molar-refractivity contribution is 5.87. The molecule has 0 aromatic heterocycles. The van der Waals surface area contributed by atoms with Crippen LogP contribution in [0.2, 0.25) is 0 Å². The van der Waals surface area contributed by atoms with Crippen molar-refractivity contribution in [3.05, 3.63) is 106 Å². The Kier molecular flexibility index (Phi) is 10.2. The van der Waals surface area contributed by atoms with Gasteiger partial charge in [0.2, 0.25) is 0 Å². The quantitative estimate of drug-likeness (QED) is 0.199. The summed E-state index contributed by atoms with van der Waals surface area (Å²) in [6, 6.07) is 23.0. The summed E-state index contributed by atoms with van der Waals surface area (Å²) in [5.41, 5.74) is 6.20. The van der Waals surface area contributed by atoms with E-state index in [-0.39, 0.29) is 39.2 Å². The van der Waals surface area contributed by atoms with Gasteiger partial charge in [0.1, 0.15) is 11.5 Å². The largest absolute Gasteiger partial charge is 0.507 e. The Morgan fingerprint density at radius 2 is 1.09 bits per heavy atom. The molecule has 4 aromatic rings. The van der Waals surface area contributed by atoms with Crippen LogP contribution in [0, 0.1) is 0 Å². The van der Waals surface area contributed by atoms with Crippen LogP contribution in [0.5, 0.6) is 11.5 Å². The van der Waals surface area contributed by atoms with Crippen molar-refractivity contribution < 1.29 is 10.2 Å². The van der Waals surface area contributed by atoms with Gasteiger partial charge in [-0.05, 0) is 67.7 Å². The molecular weight excluding hydrogens is 576 g/mol. The third kappa shape index (κ3) is 8.71. The van der Waals surface area contributed by atoms with Crippen molar-refractivity contribution in [2.75, 3.05) is 6.54 Å². The Labute approximate surface area is 283 Å². The maximum atomic E-state index is 11.4. The van der Waals surface area contributed by atoms with Gasteiger partial charge in [-0.15, -0.1) is 0 Å². The molecule has 4 rings (SSSR count). The van der Waals surface area contributed by atoms with Crippen molar-refractivity contribution in [2.24, 2.45) is 9.98 Å². The minimum absolute atomic E-state index is 0.0764. The first-order valence-corrected chi connectivity index (χ1v) is 16.9. The molecule has 250 valence electrons. The summed E-state index contributed by atoms with van der Waals surface area (Å²) in [4.78, 5) is 10.0. The number of benzene rings is 4. The molecule has 0 spiro atoms. The zero-order valence-corrected chi connectivity index (χ0v) is 30.8.